The average Bonchev–Trinajstić information content (AvgIpc) is 2.76. The van der Waals surface area contributed by atoms with Crippen molar-refractivity contribution in [2.24, 2.45) is 0 Å². The predicted octanol–water partition coefficient (Wildman–Crippen LogP) is 7.39. The van der Waals surface area contributed by atoms with E-state index in [4.69, 9.17) is 0 Å². The Bertz CT molecular complexity index is 579. The number of unbranched alkanes of at least 4 members (excludes halogenated alkanes) is 7. The molecule has 0 saturated carbocycles. The van der Waals surface area contributed by atoms with Crippen LogP contribution >= 0.6 is 24.8 Å². The molecular weight excluding hydrogens is 435 g/mol. The minimum atomic E-state index is 0. The lowest BCUT2D eigenvalue weighted by Gasteiger charge is -2.14. The summed E-state index contributed by atoms with van der Waals surface area (Å²) in [6.07, 6.45) is 13.2. The second-order valence-corrected chi connectivity index (χ2v) is 8.92. The maximum atomic E-state index is 3.67. The van der Waals surface area contributed by atoms with Gasteiger partial charge in [-0.3, -0.25) is 0 Å². The molecule has 32 heavy (non-hydrogen) atoms. The van der Waals surface area contributed by atoms with Gasteiger partial charge in [0.05, 0.1) is 0 Å². The van der Waals surface area contributed by atoms with Crippen molar-refractivity contribution in [3.05, 3.63) is 71.8 Å². The van der Waals surface area contributed by atoms with Crippen molar-refractivity contribution < 1.29 is 0 Å². The summed E-state index contributed by atoms with van der Waals surface area (Å²) in [4.78, 5) is 0. The molecule has 0 heterocycles. The summed E-state index contributed by atoms with van der Waals surface area (Å²) >= 11 is 0. The van der Waals surface area contributed by atoms with Gasteiger partial charge in [-0.15, -0.1) is 24.8 Å². The fourth-order valence-electron chi connectivity index (χ4n) is 4.09. The highest BCUT2D eigenvalue weighted by atomic mass is 35.5. The normalized spacial score (nSPS) is 12.4. The molecule has 0 bridgehead atoms. The third-order valence-electron chi connectivity index (χ3n) is 5.86. The van der Waals surface area contributed by atoms with Crippen LogP contribution in [0.5, 0.6) is 0 Å². The molecule has 2 aromatic rings. The summed E-state index contributed by atoms with van der Waals surface area (Å²) in [7, 11) is 0. The molecule has 2 N–H and O–H groups in total. The number of benzene rings is 2. The lowest BCUT2D eigenvalue weighted by molar-refractivity contribution is 0.496. The maximum Gasteiger partial charge on any atom is 0.00791 e. The molecule has 2 aromatic carbocycles. The summed E-state index contributed by atoms with van der Waals surface area (Å²) in [6.45, 7) is 6.90. The van der Waals surface area contributed by atoms with Gasteiger partial charge in [0.2, 0.25) is 0 Å². The summed E-state index contributed by atoms with van der Waals surface area (Å²) < 4.78 is 0. The van der Waals surface area contributed by atoms with Gasteiger partial charge in [-0.2, -0.15) is 0 Å². The van der Waals surface area contributed by atoms with E-state index in [-0.39, 0.29) is 24.8 Å². The minimum Gasteiger partial charge on any atom is -0.314 e. The first-order valence-corrected chi connectivity index (χ1v) is 12.3. The van der Waals surface area contributed by atoms with E-state index in [0.29, 0.717) is 12.1 Å². The SMILES string of the molecule is CC(Cc1ccccc1)NCCCCCCCCCCNC(C)Cc1ccccc1.Cl.Cl. The molecule has 0 aromatic heterocycles. The fourth-order valence-corrected chi connectivity index (χ4v) is 4.09. The van der Waals surface area contributed by atoms with Gasteiger partial charge in [0, 0.05) is 12.1 Å². The molecule has 2 unspecified atom stereocenters. The molecule has 2 nitrogen and oxygen atoms in total. The van der Waals surface area contributed by atoms with Crippen LogP contribution in [0.1, 0.15) is 76.3 Å². The molecule has 0 amide bonds. The van der Waals surface area contributed by atoms with Crippen LogP contribution in [-0.4, -0.2) is 25.2 Å². The Labute approximate surface area is 210 Å². The Kier molecular flexibility index (Phi) is 19.9. The summed E-state index contributed by atoms with van der Waals surface area (Å²) in [5, 5.41) is 7.35. The van der Waals surface area contributed by atoms with E-state index in [1.807, 2.05) is 0 Å². The first-order chi connectivity index (χ1) is 14.7. The zero-order valence-corrected chi connectivity index (χ0v) is 21.9. The lowest BCUT2D eigenvalue weighted by Crippen LogP contribution is -2.29. The largest absolute Gasteiger partial charge is 0.314 e. The van der Waals surface area contributed by atoms with Crippen molar-refractivity contribution in [3.63, 3.8) is 0 Å². The van der Waals surface area contributed by atoms with Gasteiger partial charge in [0.25, 0.3) is 0 Å². The van der Waals surface area contributed by atoms with Crippen LogP contribution in [0, 0.1) is 0 Å². The number of halogens is 2. The number of hydrogen-bond acceptors (Lipinski definition) is 2. The molecule has 0 aliphatic rings. The summed E-state index contributed by atoms with van der Waals surface area (Å²) in [5.41, 5.74) is 2.86. The molecule has 2 rings (SSSR count). The second-order valence-electron chi connectivity index (χ2n) is 8.92. The molecule has 0 radical (unpaired) electrons. The van der Waals surface area contributed by atoms with Crippen LogP contribution in [-0.2, 0) is 12.8 Å². The van der Waals surface area contributed by atoms with Gasteiger partial charge in [-0.05, 0) is 63.7 Å². The van der Waals surface area contributed by atoms with E-state index >= 15 is 0 Å². The van der Waals surface area contributed by atoms with Gasteiger partial charge in [0.15, 0.2) is 0 Å². The number of rotatable bonds is 17. The molecule has 0 saturated heterocycles. The summed E-state index contributed by atoms with van der Waals surface area (Å²) in [5.74, 6) is 0. The second kappa shape index (κ2) is 20.5. The van der Waals surface area contributed by atoms with E-state index in [1.165, 1.54) is 62.5 Å². The molecule has 182 valence electrons. The highest BCUT2D eigenvalue weighted by Crippen LogP contribution is 2.09. The van der Waals surface area contributed by atoms with Gasteiger partial charge in [0.1, 0.15) is 0 Å². The average molecular weight is 482 g/mol. The predicted molar refractivity (Wildman–Crippen MR) is 147 cm³/mol. The van der Waals surface area contributed by atoms with Crippen molar-refractivity contribution in [2.75, 3.05) is 13.1 Å². The topological polar surface area (TPSA) is 24.1 Å². The Balaban J connectivity index is 0.00000480. The van der Waals surface area contributed by atoms with E-state index in [1.54, 1.807) is 0 Å². The van der Waals surface area contributed by atoms with Crippen LogP contribution in [0.2, 0.25) is 0 Å². The van der Waals surface area contributed by atoms with E-state index in [0.717, 1.165) is 25.9 Å². The van der Waals surface area contributed by atoms with Crippen LogP contribution in [0.4, 0.5) is 0 Å². The highest BCUT2D eigenvalue weighted by molar-refractivity contribution is 5.85. The third kappa shape index (κ3) is 15.7. The van der Waals surface area contributed by atoms with Gasteiger partial charge >= 0.3 is 0 Å². The van der Waals surface area contributed by atoms with Crippen LogP contribution in [0.3, 0.4) is 0 Å². The van der Waals surface area contributed by atoms with Crippen molar-refractivity contribution in [2.45, 2.75) is 90.1 Å². The smallest absolute Gasteiger partial charge is 0.00791 e. The molecular formula is C28H46Cl2N2. The van der Waals surface area contributed by atoms with Crippen LogP contribution in [0.25, 0.3) is 0 Å². The first-order valence-electron chi connectivity index (χ1n) is 12.3. The van der Waals surface area contributed by atoms with Crippen molar-refractivity contribution in [1.29, 1.82) is 0 Å². The monoisotopic (exact) mass is 480 g/mol. The maximum absolute atomic E-state index is 3.67. The Morgan fingerprint density at radius 1 is 0.500 bits per heavy atom. The van der Waals surface area contributed by atoms with Crippen LogP contribution in [0.15, 0.2) is 60.7 Å². The van der Waals surface area contributed by atoms with Crippen molar-refractivity contribution in [1.82, 2.24) is 10.6 Å². The highest BCUT2D eigenvalue weighted by Gasteiger charge is 2.03. The lowest BCUT2D eigenvalue weighted by atomic mass is 10.1. The molecule has 0 spiro atoms. The molecule has 0 fully saturated rings. The van der Waals surface area contributed by atoms with Gasteiger partial charge in [-0.1, -0.05) is 99.2 Å². The first kappa shape index (κ1) is 30.9. The molecule has 0 aliphatic heterocycles. The van der Waals surface area contributed by atoms with Gasteiger partial charge < -0.3 is 10.6 Å². The van der Waals surface area contributed by atoms with Crippen LogP contribution < -0.4 is 10.6 Å². The zero-order valence-electron chi connectivity index (χ0n) is 20.2. The molecule has 4 heteroatoms. The standard InChI is InChI=1S/C28H44N2.2ClH/c1-25(23-27-17-11-9-12-18-27)29-21-15-7-5-3-4-6-8-16-22-30-26(2)24-28-19-13-10-14-20-28;;/h9-14,17-20,25-26,29-30H,3-8,15-16,21-24H2,1-2H3;2*1H. The Morgan fingerprint density at radius 3 is 1.16 bits per heavy atom. The van der Waals surface area contributed by atoms with E-state index in [9.17, 15) is 0 Å². The summed E-state index contributed by atoms with van der Waals surface area (Å²) in [6, 6.07) is 22.7. The molecule has 2 atom stereocenters. The van der Waals surface area contributed by atoms with Gasteiger partial charge in [-0.25, -0.2) is 0 Å². The number of nitrogens with one attached hydrogen (secondary N) is 2. The minimum absolute atomic E-state index is 0. The Hall–Kier alpha value is -1.06. The van der Waals surface area contributed by atoms with E-state index < -0.39 is 0 Å². The Morgan fingerprint density at radius 2 is 0.812 bits per heavy atom. The molecule has 0 aliphatic carbocycles. The van der Waals surface area contributed by atoms with Crippen molar-refractivity contribution in [3.8, 4) is 0 Å². The van der Waals surface area contributed by atoms with Crippen molar-refractivity contribution >= 4 is 24.8 Å². The quantitative estimate of drug-likeness (QED) is 0.230. The van der Waals surface area contributed by atoms with E-state index in [2.05, 4.69) is 85.1 Å². The number of hydrogen-bond donors (Lipinski definition) is 2. The zero-order chi connectivity index (χ0) is 21.3. The third-order valence-corrected chi connectivity index (χ3v) is 5.86. The fraction of sp³-hybridized carbons (Fsp3) is 0.571.